The van der Waals surface area contributed by atoms with Gasteiger partial charge in [0, 0.05) is 28.4 Å². The van der Waals surface area contributed by atoms with Gasteiger partial charge in [0.05, 0.1) is 11.0 Å². The number of imidazole rings is 1. The van der Waals surface area contributed by atoms with Gasteiger partial charge in [-0.2, -0.15) is 13.2 Å². The number of anilines is 1. The van der Waals surface area contributed by atoms with Gasteiger partial charge in [-0.15, -0.1) is 0 Å². The van der Waals surface area contributed by atoms with Crippen LogP contribution < -0.4 is 5.32 Å². The standard InChI is InChI=1S/C24H18ClF4N3O2/c1-2-32-20-13-14(21(33)30-18-10-6-16(25)7-11-18)3-12-19(20)31-22(32)23(34,24(27,28)29)15-4-8-17(26)9-5-15/h3-13,34H,2H2,1H3,(H,30,33). The van der Waals surface area contributed by atoms with Crippen molar-refractivity contribution < 1.29 is 27.5 Å². The Kier molecular flexibility index (Phi) is 6.09. The van der Waals surface area contributed by atoms with E-state index in [1.165, 1.54) is 22.8 Å². The summed E-state index contributed by atoms with van der Waals surface area (Å²) >= 11 is 5.85. The van der Waals surface area contributed by atoms with Crippen LogP contribution in [0.25, 0.3) is 11.0 Å². The lowest BCUT2D eigenvalue weighted by atomic mass is 9.92. The number of aromatic nitrogens is 2. The SMILES string of the molecule is CCn1c(C(O)(c2ccc(F)cc2)C(F)(F)F)nc2ccc(C(=O)Nc3ccc(Cl)cc3)cc21. The number of nitrogens with zero attached hydrogens (tertiary/aromatic N) is 2. The number of amides is 1. The van der Waals surface area contributed by atoms with Gasteiger partial charge in [-0.05, 0) is 61.5 Å². The average Bonchev–Trinajstić information content (AvgIpc) is 3.18. The van der Waals surface area contributed by atoms with Gasteiger partial charge in [-0.25, -0.2) is 9.37 Å². The van der Waals surface area contributed by atoms with Gasteiger partial charge in [-0.3, -0.25) is 4.79 Å². The average molecular weight is 492 g/mol. The summed E-state index contributed by atoms with van der Waals surface area (Å²) < 4.78 is 57.2. The number of rotatable bonds is 5. The molecule has 4 aromatic rings. The van der Waals surface area contributed by atoms with E-state index in [1.54, 1.807) is 31.2 Å². The van der Waals surface area contributed by atoms with Gasteiger partial charge < -0.3 is 15.0 Å². The number of fused-ring (bicyclic) bond motifs is 1. The highest BCUT2D eigenvalue weighted by Gasteiger charge is 2.59. The Balaban J connectivity index is 1.81. The molecule has 0 aliphatic carbocycles. The molecule has 0 spiro atoms. The summed E-state index contributed by atoms with van der Waals surface area (Å²) in [7, 11) is 0. The minimum atomic E-state index is -5.16. The van der Waals surface area contributed by atoms with Gasteiger partial charge in [0.2, 0.25) is 5.60 Å². The maximum Gasteiger partial charge on any atom is 0.428 e. The first-order valence-electron chi connectivity index (χ1n) is 10.2. The molecule has 5 nitrogen and oxygen atoms in total. The van der Waals surface area contributed by atoms with Crippen LogP contribution in [0, 0.1) is 5.82 Å². The fourth-order valence-electron chi connectivity index (χ4n) is 3.71. The second kappa shape index (κ2) is 8.73. The fourth-order valence-corrected chi connectivity index (χ4v) is 3.83. The molecule has 0 bridgehead atoms. The lowest BCUT2D eigenvalue weighted by molar-refractivity contribution is -0.252. The lowest BCUT2D eigenvalue weighted by Gasteiger charge is -2.30. The predicted molar refractivity (Wildman–Crippen MR) is 120 cm³/mol. The number of carbonyl (C=O) groups is 1. The zero-order valence-electron chi connectivity index (χ0n) is 17.7. The number of aryl methyl sites for hydroxylation is 1. The van der Waals surface area contributed by atoms with Crippen LogP contribution in [0.1, 0.15) is 28.7 Å². The third kappa shape index (κ3) is 4.12. The fraction of sp³-hybridized carbons (Fsp3) is 0.167. The van der Waals surface area contributed by atoms with Gasteiger partial charge in [-0.1, -0.05) is 23.7 Å². The summed E-state index contributed by atoms with van der Waals surface area (Å²) in [4.78, 5) is 16.8. The van der Waals surface area contributed by atoms with E-state index in [2.05, 4.69) is 10.3 Å². The van der Waals surface area contributed by atoms with Crippen LogP contribution in [0.3, 0.4) is 0 Å². The quantitative estimate of drug-likeness (QED) is 0.342. The zero-order valence-corrected chi connectivity index (χ0v) is 18.5. The van der Waals surface area contributed by atoms with E-state index in [1.807, 2.05) is 0 Å². The normalized spacial score (nSPS) is 13.6. The Bertz CT molecular complexity index is 1350. The Morgan fingerprint density at radius 2 is 1.71 bits per heavy atom. The second-order valence-electron chi connectivity index (χ2n) is 7.56. The first-order valence-corrected chi connectivity index (χ1v) is 10.5. The minimum Gasteiger partial charge on any atom is -0.370 e. The highest BCUT2D eigenvalue weighted by molar-refractivity contribution is 6.30. The maximum absolute atomic E-state index is 14.2. The molecular weight excluding hydrogens is 474 g/mol. The van der Waals surface area contributed by atoms with E-state index in [0.29, 0.717) is 10.7 Å². The number of nitrogens with one attached hydrogen (secondary N) is 1. The second-order valence-corrected chi connectivity index (χ2v) is 8.00. The number of benzene rings is 3. The number of hydrogen-bond acceptors (Lipinski definition) is 3. The number of halogens is 5. The predicted octanol–water partition coefficient (Wildman–Crippen LogP) is 5.90. The lowest BCUT2D eigenvalue weighted by Crippen LogP contribution is -2.45. The molecule has 0 fully saturated rings. The molecule has 176 valence electrons. The molecule has 0 radical (unpaired) electrons. The van der Waals surface area contributed by atoms with Crippen molar-refractivity contribution in [3.05, 3.63) is 94.5 Å². The van der Waals surface area contributed by atoms with E-state index in [0.717, 1.165) is 24.3 Å². The molecule has 1 heterocycles. The number of hydrogen-bond donors (Lipinski definition) is 2. The topological polar surface area (TPSA) is 67.1 Å². The Morgan fingerprint density at radius 1 is 1.06 bits per heavy atom. The largest absolute Gasteiger partial charge is 0.428 e. The van der Waals surface area contributed by atoms with E-state index in [9.17, 15) is 27.5 Å². The molecule has 1 atom stereocenters. The van der Waals surface area contributed by atoms with Crippen LogP contribution in [0.15, 0.2) is 66.7 Å². The van der Waals surface area contributed by atoms with E-state index in [4.69, 9.17) is 11.6 Å². The molecule has 0 aliphatic rings. The summed E-state index contributed by atoms with van der Waals surface area (Å²) in [6.45, 7) is 1.61. The van der Waals surface area contributed by atoms with Crippen LogP contribution in [0.5, 0.6) is 0 Å². The Hall–Kier alpha value is -3.43. The number of aliphatic hydroxyl groups is 1. The monoisotopic (exact) mass is 491 g/mol. The summed E-state index contributed by atoms with van der Waals surface area (Å²) in [5.41, 5.74) is -3.02. The molecule has 2 N–H and O–H groups in total. The third-order valence-electron chi connectivity index (χ3n) is 5.42. The van der Waals surface area contributed by atoms with Crippen molar-refractivity contribution in [2.75, 3.05) is 5.32 Å². The van der Waals surface area contributed by atoms with Gasteiger partial charge >= 0.3 is 6.18 Å². The summed E-state index contributed by atoms with van der Waals surface area (Å²) in [6, 6.07) is 14.1. The van der Waals surface area contributed by atoms with E-state index in [-0.39, 0.29) is 23.1 Å². The van der Waals surface area contributed by atoms with Crippen LogP contribution in [0.2, 0.25) is 5.02 Å². The smallest absolute Gasteiger partial charge is 0.370 e. The minimum absolute atomic E-state index is 0.0215. The number of carbonyl (C=O) groups excluding carboxylic acids is 1. The molecule has 3 aromatic carbocycles. The summed E-state index contributed by atoms with van der Waals surface area (Å²) in [5.74, 6) is -1.91. The molecule has 1 amide bonds. The first-order chi connectivity index (χ1) is 16.0. The Labute approximate surface area is 196 Å². The molecule has 4 rings (SSSR count). The van der Waals surface area contributed by atoms with Crippen molar-refractivity contribution in [2.45, 2.75) is 25.2 Å². The molecule has 1 unspecified atom stereocenters. The van der Waals surface area contributed by atoms with E-state index < -0.39 is 34.9 Å². The highest BCUT2D eigenvalue weighted by atomic mass is 35.5. The first kappa shape index (κ1) is 23.7. The van der Waals surface area contributed by atoms with Crippen LogP contribution in [-0.4, -0.2) is 26.7 Å². The van der Waals surface area contributed by atoms with Crippen molar-refractivity contribution in [1.29, 1.82) is 0 Å². The van der Waals surface area contributed by atoms with Crippen molar-refractivity contribution in [3.8, 4) is 0 Å². The summed E-state index contributed by atoms with van der Waals surface area (Å²) in [5, 5.41) is 14.2. The molecule has 0 saturated heterocycles. The summed E-state index contributed by atoms with van der Waals surface area (Å²) in [6.07, 6.45) is -5.16. The third-order valence-corrected chi connectivity index (χ3v) is 5.68. The highest BCUT2D eigenvalue weighted by Crippen LogP contribution is 2.44. The van der Waals surface area contributed by atoms with Gasteiger partial charge in [0.1, 0.15) is 5.82 Å². The van der Waals surface area contributed by atoms with Crippen molar-refractivity contribution in [2.24, 2.45) is 0 Å². The van der Waals surface area contributed by atoms with Gasteiger partial charge in [0.25, 0.3) is 5.91 Å². The molecule has 1 aromatic heterocycles. The zero-order chi connectivity index (χ0) is 24.7. The van der Waals surface area contributed by atoms with Crippen molar-refractivity contribution in [3.63, 3.8) is 0 Å². The Morgan fingerprint density at radius 3 is 2.29 bits per heavy atom. The van der Waals surface area contributed by atoms with Crippen LogP contribution in [0.4, 0.5) is 23.2 Å². The van der Waals surface area contributed by atoms with Crippen LogP contribution >= 0.6 is 11.6 Å². The molecule has 0 aliphatic heterocycles. The maximum atomic E-state index is 14.2. The van der Waals surface area contributed by atoms with Crippen molar-refractivity contribution in [1.82, 2.24) is 9.55 Å². The molecule has 10 heteroatoms. The molecule has 34 heavy (non-hydrogen) atoms. The molecule has 0 saturated carbocycles. The van der Waals surface area contributed by atoms with Crippen molar-refractivity contribution >= 4 is 34.2 Å². The van der Waals surface area contributed by atoms with Gasteiger partial charge in [0.15, 0.2) is 5.82 Å². The van der Waals surface area contributed by atoms with Crippen LogP contribution in [-0.2, 0) is 12.1 Å². The van der Waals surface area contributed by atoms with E-state index >= 15 is 0 Å². The number of alkyl halides is 3. The molecular formula is C24H18ClF4N3O2.